The monoisotopic (exact) mass is 408 g/mol. The Labute approximate surface area is 171 Å². The van der Waals surface area contributed by atoms with Crippen molar-refractivity contribution in [2.24, 2.45) is 12.0 Å². The first-order chi connectivity index (χ1) is 13.4. The van der Waals surface area contributed by atoms with Gasteiger partial charge in [-0.25, -0.2) is 0 Å². The summed E-state index contributed by atoms with van der Waals surface area (Å²) in [5, 5.41) is 14.5. The summed E-state index contributed by atoms with van der Waals surface area (Å²) >= 11 is 6.07. The van der Waals surface area contributed by atoms with Crippen LogP contribution in [0.4, 0.5) is 0 Å². The smallest absolute Gasteiger partial charge is 0.194 e. The number of ether oxygens (including phenoxy) is 2. The molecule has 0 radical (unpaired) electrons. The molecule has 0 saturated carbocycles. The van der Waals surface area contributed by atoms with Gasteiger partial charge in [-0.2, -0.15) is 0 Å². The molecule has 1 aromatic heterocycles. The molecule has 0 aliphatic rings. The SMILES string of the molecule is CCNC(=NCC(O)c1ccc(OC)c(OC)c1)N(C)Cc1cc(Cl)cn1C. The maximum Gasteiger partial charge on any atom is 0.194 e. The van der Waals surface area contributed by atoms with Crippen molar-refractivity contribution >= 4 is 17.6 Å². The largest absolute Gasteiger partial charge is 0.493 e. The topological polar surface area (TPSA) is 71.2 Å². The van der Waals surface area contributed by atoms with Crippen molar-refractivity contribution in [3.05, 3.63) is 46.7 Å². The summed E-state index contributed by atoms with van der Waals surface area (Å²) in [5.74, 6) is 1.91. The molecule has 2 aromatic rings. The van der Waals surface area contributed by atoms with E-state index in [2.05, 4.69) is 10.3 Å². The van der Waals surface area contributed by atoms with E-state index >= 15 is 0 Å². The molecule has 1 unspecified atom stereocenters. The first-order valence-corrected chi connectivity index (χ1v) is 9.47. The van der Waals surface area contributed by atoms with Gasteiger partial charge in [0.2, 0.25) is 0 Å². The molecule has 0 fully saturated rings. The fourth-order valence-corrected chi connectivity index (χ4v) is 3.12. The highest BCUT2D eigenvalue weighted by atomic mass is 35.5. The van der Waals surface area contributed by atoms with Crippen molar-refractivity contribution in [2.75, 3.05) is 34.4 Å². The van der Waals surface area contributed by atoms with Crippen LogP contribution in [0.3, 0.4) is 0 Å². The summed E-state index contributed by atoms with van der Waals surface area (Å²) < 4.78 is 12.5. The van der Waals surface area contributed by atoms with Gasteiger partial charge in [-0.3, -0.25) is 4.99 Å². The van der Waals surface area contributed by atoms with Gasteiger partial charge in [-0.15, -0.1) is 0 Å². The van der Waals surface area contributed by atoms with Gasteiger partial charge in [0.1, 0.15) is 0 Å². The molecule has 1 aromatic carbocycles. The Bertz CT molecular complexity index is 807. The second-order valence-electron chi connectivity index (χ2n) is 6.44. The fourth-order valence-electron chi connectivity index (χ4n) is 2.85. The van der Waals surface area contributed by atoms with E-state index in [0.29, 0.717) is 34.6 Å². The Balaban J connectivity index is 2.11. The first kappa shape index (κ1) is 21.9. The number of aromatic nitrogens is 1. The van der Waals surface area contributed by atoms with Gasteiger partial charge in [0.25, 0.3) is 0 Å². The summed E-state index contributed by atoms with van der Waals surface area (Å²) in [4.78, 5) is 6.58. The number of benzene rings is 1. The molecule has 0 spiro atoms. The van der Waals surface area contributed by atoms with E-state index in [1.807, 2.05) is 48.8 Å². The van der Waals surface area contributed by atoms with Crippen molar-refractivity contribution in [3.63, 3.8) is 0 Å². The number of aliphatic hydroxyl groups is 1. The summed E-state index contributed by atoms with van der Waals surface area (Å²) in [7, 11) is 7.06. The first-order valence-electron chi connectivity index (χ1n) is 9.09. The van der Waals surface area contributed by atoms with Crippen molar-refractivity contribution in [2.45, 2.75) is 19.6 Å². The number of aliphatic hydroxyl groups excluding tert-OH is 1. The number of nitrogens with zero attached hydrogens (tertiary/aromatic N) is 3. The number of aryl methyl sites for hydroxylation is 1. The Morgan fingerprint density at radius 1 is 1.29 bits per heavy atom. The van der Waals surface area contributed by atoms with Crippen LogP contribution in [0.25, 0.3) is 0 Å². The van der Waals surface area contributed by atoms with Gasteiger partial charge in [0, 0.05) is 32.5 Å². The highest BCUT2D eigenvalue weighted by molar-refractivity contribution is 6.30. The van der Waals surface area contributed by atoms with Gasteiger partial charge < -0.3 is 29.4 Å². The normalized spacial score (nSPS) is 12.6. The molecule has 2 N–H and O–H groups in total. The third kappa shape index (κ3) is 5.56. The molecule has 154 valence electrons. The zero-order chi connectivity index (χ0) is 20.7. The summed E-state index contributed by atoms with van der Waals surface area (Å²) in [6, 6.07) is 7.28. The van der Waals surface area contributed by atoms with E-state index in [9.17, 15) is 5.11 Å². The maximum absolute atomic E-state index is 10.6. The third-order valence-electron chi connectivity index (χ3n) is 4.38. The van der Waals surface area contributed by atoms with E-state index in [1.54, 1.807) is 26.4 Å². The molecule has 2 rings (SSSR count). The minimum atomic E-state index is -0.758. The lowest BCUT2D eigenvalue weighted by molar-refractivity contribution is 0.186. The van der Waals surface area contributed by atoms with Crippen LogP contribution in [0.2, 0.25) is 5.02 Å². The van der Waals surface area contributed by atoms with E-state index in [-0.39, 0.29) is 6.54 Å². The predicted octanol–water partition coefficient (Wildman–Crippen LogP) is 2.83. The van der Waals surface area contributed by atoms with Gasteiger partial charge in [-0.1, -0.05) is 17.7 Å². The van der Waals surface area contributed by atoms with Crippen LogP contribution in [0.5, 0.6) is 11.5 Å². The van der Waals surface area contributed by atoms with Crippen LogP contribution >= 0.6 is 11.6 Å². The van der Waals surface area contributed by atoms with E-state index in [4.69, 9.17) is 21.1 Å². The van der Waals surface area contributed by atoms with Crippen molar-refractivity contribution in [1.29, 1.82) is 0 Å². The Hall–Kier alpha value is -2.38. The molecular weight excluding hydrogens is 380 g/mol. The van der Waals surface area contributed by atoms with Gasteiger partial charge in [0.15, 0.2) is 17.5 Å². The third-order valence-corrected chi connectivity index (χ3v) is 4.58. The fraction of sp³-hybridized carbons (Fsp3) is 0.450. The standard InChI is InChI=1S/C20H29ClN4O3/c1-6-22-20(25(3)13-16-10-15(21)12-24(16)2)23-11-17(26)14-7-8-18(27-4)19(9-14)28-5/h7-10,12,17,26H,6,11,13H2,1-5H3,(H,22,23). The lowest BCUT2D eigenvalue weighted by atomic mass is 10.1. The average Bonchev–Trinajstić information content (AvgIpc) is 3.00. The quantitative estimate of drug-likeness (QED) is 0.519. The van der Waals surface area contributed by atoms with E-state index in [1.165, 1.54) is 0 Å². The van der Waals surface area contributed by atoms with Crippen molar-refractivity contribution in [3.8, 4) is 11.5 Å². The zero-order valence-electron chi connectivity index (χ0n) is 17.1. The minimum absolute atomic E-state index is 0.218. The van der Waals surface area contributed by atoms with E-state index < -0.39 is 6.10 Å². The summed E-state index contributed by atoms with van der Waals surface area (Å²) in [6.45, 7) is 3.59. The minimum Gasteiger partial charge on any atom is -0.493 e. The Morgan fingerprint density at radius 3 is 2.57 bits per heavy atom. The van der Waals surface area contributed by atoms with Crippen LogP contribution in [0.1, 0.15) is 24.3 Å². The van der Waals surface area contributed by atoms with Crippen LogP contribution in [-0.4, -0.2) is 54.9 Å². The zero-order valence-corrected chi connectivity index (χ0v) is 17.8. The number of guanidine groups is 1. The number of hydrogen-bond acceptors (Lipinski definition) is 4. The van der Waals surface area contributed by atoms with Crippen molar-refractivity contribution in [1.82, 2.24) is 14.8 Å². The number of halogens is 1. The molecule has 1 atom stereocenters. The van der Waals surface area contributed by atoms with Gasteiger partial charge >= 0.3 is 0 Å². The molecule has 8 heteroatoms. The number of hydrogen-bond donors (Lipinski definition) is 2. The Morgan fingerprint density at radius 2 is 2.00 bits per heavy atom. The number of aliphatic imine (C=N–C) groups is 1. The number of methoxy groups -OCH3 is 2. The lowest BCUT2D eigenvalue weighted by Crippen LogP contribution is -2.39. The number of nitrogens with one attached hydrogen (secondary N) is 1. The van der Waals surface area contributed by atoms with Gasteiger partial charge in [-0.05, 0) is 30.7 Å². The molecule has 0 aliphatic carbocycles. The highest BCUT2D eigenvalue weighted by Gasteiger charge is 2.14. The molecule has 0 amide bonds. The predicted molar refractivity (Wildman–Crippen MR) is 112 cm³/mol. The molecule has 0 aliphatic heterocycles. The summed E-state index contributed by atoms with van der Waals surface area (Å²) in [5.41, 5.74) is 1.78. The molecule has 28 heavy (non-hydrogen) atoms. The summed E-state index contributed by atoms with van der Waals surface area (Å²) in [6.07, 6.45) is 1.11. The number of rotatable bonds is 8. The molecular formula is C20H29ClN4O3. The second-order valence-corrected chi connectivity index (χ2v) is 6.88. The maximum atomic E-state index is 10.6. The Kier molecular flexibility index (Phi) is 8.02. The van der Waals surface area contributed by atoms with Crippen LogP contribution in [0, 0.1) is 0 Å². The van der Waals surface area contributed by atoms with Crippen LogP contribution in [-0.2, 0) is 13.6 Å². The van der Waals surface area contributed by atoms with Crippen LogP contribution < -0.4 is 14.8 Å². The molecule has 7 nitrogen and oxygen atoms in total. The second kappa shape index (κ2) is 10.2. The molecule has 0 bridgehead atoms. The molecule has 1 heterocycles. The van der Waals surface area contributed by atoms with E-state index in [0.717, 1.165) is 12.2 Å². The lowest BCUT2D eigenvalue weighted by Gasteiger charge is -2.23. The van der Waals surface area contributed by atoms with Crippen LogP contribution in [0.15, 0.2) is 35.5 Å². The van der Waals surface area contributed by atoms with Gasteiger partial charge in [0.05, 0.1) is 38.4 Å². The molecule has 0 saturated heterocycles. The average molecular weight is 409 g/mol. The highest BCUT2D eigenvalue weighted by Crippen LogP contribution is 2.30. The van der Waals surface area contributed by atoms with Crippen molar-refractivity contribution < 1.29 is 14.6 Å².